The highest BCUT2D eigenvalue weighted by Crippen LogP contribution is 2.27. The Labute approximate surface area is 120 Å². The van der Waals surface area contributed by atoms with Crippen LogP contribution in [-0.4, -0.2) is 41.5 Å². The molecule has 0 spiro atoms. The number of hydrogen-bond donors (Lipinski definition) is 0. The van der Waals surface area contributed by atoms with Gasteiger partial charge in [-0.1, -0.05) is 6.92 Å². The van der Waals surface area contributed by atoms with Gasteiger partial charge in [-0.15, -0.1) is 0 Å². The molecule has 2 rings (SSSR count). The van der Waals surface area contributed by atoms with Gasteiger partial charge in [0.25, 0.3) is 0 Å². The molecular formula is C15H24N2O3. The third-order valence-electron chi connectivity index (χ3n) is 4.25. The summed E-state index contributed by atoms with van der Waals surface area (Å²) < 4.78 is 12.8. The maximum absolute atomic E-state index is 12.5. The molecule has 0 aromatic carbocycles. The number of hydrogen-bond acceptors (Lipinski definition) is 4. The van der Waals surface area contributed by atoms with Crippen LogP contribution in [0.15, 0.2) is 12.3 Å². The zero-order valence-corrected chi connectivity index (χ0v) is 12.6. The quantitative estimate of drug-likeness (QED) is 0.801. The van der Waals surface area contributed by atoms with E-state index in [0.29, 0.717) is 38.5 Å². The molecule has 112 valence electrons. The largest absolute Gasteiger partial charge is 0.381 e. The van der Waals surface area contributed by atoms with Crippen LogP contribution in [0.5, 0.6) is 0 Å². The first kappa shape index (κ1) is 15.2. The van der Waals surface area contributed by atoms with Gasteiger partial charge < -0.3 is 9.47 Å². The molecule has 0 saturated carbocycles. The third kappa shape index (κ3) is 3.10. The Bertz CT molecular complexity index is 450. The second-order valence-electron chi connectivity index (χ2n) is 5.46. The van der Waals surface area contributed by atoms with E-state index >= 15 is 0 Å². The lowest BCUT2D eigenvalue weighted by molar-refractivity contribution is -0.152. The molecule has 1 aromatic rings. The van der Waals surface area contributed by atoms with E-state index in [1.807, 2.05) is 16.9 Å². The summed E-state index contributed by atoms with van der Waals surface area (Å²) in [6.07, 6.45) is 4.56. The standard InChI is InChI=1S/C15H24N2O3/c1-4-12(2)17-8-5-13(16-17)11-14(18)15(19-3)6-9-20-10-7-15/h5,8,12H,4,6-7,9-11H2,1-3H3. The molecule has 1 fully saturated rings. The average molecular weight is 280 g/mol. The van der Waals surface area contributed by atoms with E-state index in [9.17, 15) is 4.79 Å². The summed E-state index contributed by atoms with van der Waals surface area (Å²) in [5.41, 5.74) is 0.136. The number of aromatic nitrogens is 2. The van der Waals surface area contributed by atoms with E-state index in [-0.39, 0.29) is 5.78 Å². The van der Waals surface area contributed by atoms with E-state index in [1.54, 1.807) is 7.11 Å². The van der Waals surface area contributed by atoms with E-state index < -0.39 is 5.60 Å². The van der Waals surface area contributed by atoms with Gasteiger partial charge in [0.05, 0.1) is 12.1 Å². The number of ketones is 1. The predicted molar refractivity (Wildman–Crippen MR) is 75.7 cm³/mol. The fraction of sp³-hybridized carbons (Fsp3) is 0.733. The Morgan fingerprint density at radius 2 is 2.25 bits per heavy atom. The van der Waals surface area contributed by atoms with Crippen LogP contribution < -0.4 is 0 Å². The molecule has 1 saturated heterocycles. The first-order chi connectivity index (χ1) is 9.61. The lowest BCUT2D eigenvalue weighted by Crippen LogP contribution is -2.46. The molecule has 5 heteroatoms. The number of carbonyl (C=O) groups excluding carboxylic acids is 1. The normalized spacial score (nSPS) is 19.8. The zero-order chi connectivity index (χ0) is 14.6. The number of nitrogens with zero attached hydrogens (tertiary/aromatic N) is 2. The summed E-state index contributed by atoms with van der Waals surface area (Å²) in [5.74, 6) is 0.109. The smallest absolute Gasteiger partial charge is 0.170 e. The summed E-state index contributed by atoms with van der Waals surface area (Å²) >= 11 is 0. The highest BCUT2D eigenvalue weighted by Gasteiger charge is 2.39. The summed E-state index contributed by atoms with van der Waals surface area (Å²) in [6, 6.07) is 2.28. The molecule has 0 bridgehead atoms. The average Bonchev–Trinajstić information content (AvgIpc) is 2.95. The lowest BCUT2D eigenvalue weighted by Gasteiger charge is -2.34. The Morgan fingerprint density at radius 3 is 2.85 bits per heavy atom. The van der Waals surface area contributed by atoms with E-state index in [4.69, 9.17) is 9.47 Å². The van der Waals surface area contributed by atoms with Crippen LogP contribution in [0.2, 0.25) is 0 Å². The van der Waals surface area contributed by atoms with Crippen LogP contribution in [0, 0.1) is 0 Å². The fourth-order valence-corrected chi connectivity index (χ4v) is 2.53. The molecule has 0 N–H and O–H groups in total. The van der Waals surface area contributed by atoms with Crippen molar-refractivity contribution in [3.05, 3.63) is 18.0 Å². The van der Waals surface area contributed by atoms with E-state index in [2.05, 4.69) is 18.9 Å². The van der Waals surface area contributed by atoms with Gasteiger partial charge in [0.2, 0.25) is 0 Å². The maximum atomic E-state index is 12.5. The molecule has 0 aliphatic carbocycles. The monoisotopic (exact) mass is 280 g/mol. The van der Waals surface area contributed by atoms with Gasteiger partial charge in [-0.05, 0) is 19.4 Å². The molecule has 5 nitrogen and oxygen atoms in total. The summed E-state index contributed by atoms with van der Waals surface area (Å²) in [6.45, 7) is 5.41. The van der Waals surface area contributed by atoms with Crippen LogP contribution in [0.25, 0.3) is 0 Å². The van der Waals surface area contributed by atoms with E-state index in [0.717, 1.165) is 12.1 Å². The summed E-state index contributed by atoms with van der Waals surface area (Å²) in [5, 5.41) is 4.49. The number of carbonyl (C=O) groups is 1. The Hall–Kier alpha value is -1.20. The molecule has 1 atom stereocenters. The number of methoxy groups -OCH3 is 1. The summed E-state index contributed by atoms with van der Waals surface area (Å²) in [4.78, 5) is 12.5. The van der Waals surface area contributed by atoms with E-state index in [1.165, 1.54) is 0 Å². The second-order valence-corrected chi connectivity index (χ2v) is 5.46. The molecular weight excluding hydrogens is 256 g/mol. The Kier molecular flexibility index (Phi) is 4.94. The van der Waals surface area contributed by atoms with Crippen molar-refractivity contribution in [1.82, 2.24) is 9.78 Å². The lowest BCUT2D eigenvalue weighted by atomic mass is 9.87. The minimum absolute atomic E-state index is 0.109. The first-order valence-electron chi connectivity index (χ1n) is 7.31. The van der Waals surface area contributed by atoms with Crippen LogP contribution in [0.3, 0.4) is 0 Å². The van der Waals surface area contributed by atoms with Crippen LogP contribution in [-0.2, 0) is 20.7 Å². The van der Waals surface area contributed by atoms with Gasteiger partial charge in [-0.25, -0.2) is 0 Å². The number of Topliss-reactive ketones (excluding diaryl/α,β-unsaturated/α-hetero) is 1. The van der Waals surface area contributed by atoms with Gasteiger partial charge in [0.1, 0.15) is 5.60 Å². The molecule has 1 aliphatic heterocycles. The van der Waals surface area contributed by atoms with Gasteiger partial charge in [-0.3, -0.25) is 9.48 Å². The van der Waals surface area contributed by atoms with Gasteiger partial charge in [-0.2, -0.15) is 5.10 Å². The van der Waals surface area contributed by atoms with Crippen molar-refractivity contribution in [3.8, 4) is 0 Å². The fourth-order valence-electron chi connectivity index (χ4n) is 2.53. The van der Waals surface area contributed by atoms with Crippen molar-refractivity contribution in [2.45, 2.75) is 51.2 Å². The Morgan fingerprint density at radius 1 is 1.55 bits per heavy atom. The zero-order valence-electron chi connectivity index (χ0n) is 12.6. The van der Waals surface area contributed by atoms with Crippen LogP contribution in [0.4, 0.5) is 0 Å². The van der Waals surface area contributed by atoms with Crippen molar-refractivity contribution in [1.29, 1.82) is 0 Å². The minimum Gasteiger partial charge on any atom is -0.381 e. The number of ether oxygens (including phenoxy) is 2. The van der Waals surface area contributed by atoms with Crippen molar-refractivity contribution >= 4 is 5.78 Å². The van der Waals surface area contributed by atoms with Gasteiger partial charge >= 0.3 is 0 Å². The molecule has 1 unspecified atom stereocenters. The molecule has 1 aliphatic rings. The predicted octanol–water partition coefficient (Wildman–Crippen LogP) is 2.16. The molecule has 20 heavy (non-hydrogen) atoms. The van der Waals surface area contributed by atoms with Crippen molar-refractivity contribution in [3.63, 3.8) is 0 Å². The molecule has 0 amide bonds. The topological polar surface area (TPSA) is 53.4 Å². The van der Waals surface area contributed by atoms with Crippen molar-refractivity contribution in [2.75, 3.05) is 20.3 Å². The third-order valence-corrected chi connectivity index (χ3v) is 4.25. The molecule has 2 heterocycles. The maximum Gasteiger partial charge on any atom is 0.170 e. The van der Waals surface area contributed by atoms with Crippen molar-refractivity contribution < 1.29 is 14.3 Å². The van der Waals surface area contributed by atoms with Gasteiger partial charge in [0, 0.05) is 45.4 Å². The Balaban J connectivity index is 2.04. The molecule has 1 aromatic heterocycles. The summed E-state index contributed by atoms with van der Waals surface area (Å²) in [7, 11) is 1.61. The van der Waals surface area contributed by atoms with Crippen LogP contribution in [0.1, 0.15) is 44.8 Å². The van der Waals surface area contributed by atoms with Gasteiger partial charge in [0.15, 0.2) is 5.78 Å². The minimum atomic E-state index is -0.682. The number of rotatable bonds is 6. The van der Waals surface area contributed by atoms with Crippen molar-refractivity contribution in [2.24, 2.45) is 0 Å². The molecule has 0 radical (unpaired) electrons. The highest BCUT2D eigenvalue weighted by atomic mass is 16.5. The van der Waals surface area contributed by atoms with Crippen LogP contribution >= 0.6 is 0 Å². The first-order valence-corrected chi connectivity index (χ1v) is 7.31. The SMILES string of the molecule is CCC(C)n1ccc(CC(=O)C2(OC)CCOCC2)n1. The highest BCUT2D eigenvalue weighted by molar-refractivity contribution is 5.89. The second kappa shape index (κ2) is 6.50.